The van der Waals surface area contributed by atoms with Crippen LogP contribution >= 0.6 is 0 Å². The molecule has 0 aliphatic heterocycles. The molecule has 0 unspecified atom stereocenters. The number of hydrogen-bond donors (Lipinski definition) is 2. The molecule has 0 saturated heterocycles. The minimum absolute atomic E-state index is 0.175. The highest BCUT2D eigenvalue weighted by atomic mass is 16.5. The SMILES string of the molecule is O=C(O)C[C@H](C(=O)O)C(=O)Oc1ccccc1. The first-order valence-corrected chi connectivity index (χ1v) is 4.72. The fourth-order valence-electron chi connectivity index (χ4n) is 1.12. The van der Waals surface area contributed by atoms with Crippen molar-refractivity contribution < 1.29 is 29.3 Å². The molecule has 0 aliphatic rings. The molecule has 0 saturated carbocycles. The molecule has 0 spiro atoms. The van der Waals surface area contributed by atoms with Crippen molar-refractivity contribution in [2.75, 3.05) is 0 Å². The number of rotatable bonds is 5. The molecule has 6 nitrogen and oxygen atoms in total. The van der Waals surface area contributed by atoms with Gasteiger partial charge in [-0.3, -0.25) is 14.4 Å². The van der Waals surface area contributed by atoms with E-state index in [1.54, 1.807) is 18.2 Å². The van der Waals surface area contributed by atoms with Crippen molar-refractivity contribution in [2.24, 2.45) is 5.92 Å². The van der Waals surface area contributed by atoms with E-state index in [2.05, 4.69) is 0 Å². The van der Waals surface area contributed by atoms with Gasteiger partial charge in [-0.05, 0) is 12.1 Å². The Bertz CT molecular complexity index is 425. The molecule has 17 heavy (non-hydrogen) atoms. The third kappa shape index (κ3) is 3.94. The number of aliphatic carboxylic acids is 2. The third-order valence-corrected chi connectivity index (χ3v) is 1.92. The second-order valence-corrected chi connectivity index (χ2v) is 3.22. The molecule has 0 amide bonds. The van der Waals surface area contributed by atoms with Gasteiger partial charge in [-0.15, -0.1) is 0 Å². The zero-order valence-corrected chi connectivity index (χ0v) is 8.70. The smallest absolute Gasteiger partial charge is 0.326 e. The molecule has 1 atom stereocenters. The number of hydrogen-bond acceptors (Lipinski definition) is 4. The number of carboxylic acid groups (broad SMARTS) is 2. The van der Waals surface area contributed by atoms with Gasteiger partial charge in [0, 0.05) is 0 Å². The summed E-state index contributed by atoms with van der Waals surface area (Å²) in [6.07, 6.45) is -0.805. The van der Waals surface area contributed by atoms with E-state index in [9.17, 15) is 14.4 Å². The lowest BCUT2D eigenvalue weighted by Gasteiger charge is -2.09. The predicted octanol–water partition coefficient (Wildman–Crippen LogP) is 0.767. The minimum Gasteiger partial charge on any atom is -0.481 e. The van der Waals surface area contributed by atoms with Gasteiger partial charge < -0.3 is 14.9 Å². The molecule has 6 heteroatoms. The maximum atomic E-state index is 11.4. The molecule has 0 fully saturated rings. The van der Waals surface area contributed by atoms with Crippen molar-refractivity contribution in [3.8, 4) is 5.75 Å². The van der Waals surface area contributed by atoms with Crippen LogP contribution in [0.4, 0.5) is 0 Å². The lowest BCUT2D eigenvalue weighted by molar-refractivity contribution is -0.157. The molecule has 1 rings (SSSR count). The van der Waals surface area contributed by atoms with Gasteiger partial charge in [-0.2, -0.15) is 0 Å². The summed E-state index contributed by atoms with van der Waals surface area (Å²) >= 11 is 0. The second-order valence-electron chi connectivity index (χ2n) is 3.22. The van der Waals surface area contributed by atoms with Crippen LogP contribution in [0.2, 0.25) is 0 Å². The normalized spacial score (nSPS) is 11.5. The Morgan fingerprint density at radius 3 is 2.18 bits per heavy atom. The summed E-state index contributed by atoms with van der Waals surface area (Å²) in [5.41, 5.74) is 0. The lowest BCUT2D eigenvalue weighted by Crippen LogP contribution is -2.30. The number of benzene rings is 1. The van der Waals surface area contributed by atoms with Crippen LogP contribution in [0.15, 0.2) is 30.3 Å². The minimum atomic E-state index is -1.70. The van der Waals surface area contributed by atoms with E-state index >= 15 is 0 Å². The number of esters is 1. The molecule has 0 radical (unpaired) electrons. The van der Waals surface area contributed by atoms with Crippen molar-refractivity contribution in [2.45, 2.75) is 6.42 Å². The zero-order chi connectivity index (χ0) is 12.8. The Labute approximate surface area is 96.4 Å². The molecule has 1 aromatic rings. The topological polar surface area (TPSA) is 101 Å². The van der Waals surface area contributed by atoms with Crippen molar-refractivity contribution in [3.05, 3.63) is 30.3 Å². The summed E-state index contributed by atoms with van der Waals surface area (Å²) in [6.45, 7) is 0. The summed E-state index contributed by atoms with van der Waals surface area (Å²) < 4.78 is 4.76. The Kier molecular flexibility index (Phi) is 4.21. The van der Waals surface area contributed by atoms with E-state index in [-0.39, 0.29) is 5.75 Å². The Hall–Kier alpha value is -2.37. The number of carboxylic acids is 2. The van der Waals surface area contributed by atoms with E-state index in [1.807, 2.05) is 0 Å². The monoisotopic (exact) mass is 238 g/mol. The van der Waals surface area contributed by atoms with Crippen LogP contribution in [0.1, 0.15) is 6.42 Å². The highest BCUT2D eigenvalue weighted by Gasteiger charge is 2.30. The van der Waals surface area contributed by atoms with Gasteiger partial charge >= 0.3 is 17.9 Å². The predicted molar refractivity (Wildman–Crippen MR) is 55.5 cm³/mol. The van der Waals surface area contributed by atoms with E-state index in [0.29, 0.717) is 0 Å². The van der Waals surface area contributed by atoms with Crippen molar-refractivity contribution in [1.29, 1.82) is 0 Å². The van der Waals surface area contributed by atoms with Crippen molar-refractivity contribution in [1.82, 2.24) is 0 Å². The fourth-order valence-corrected chi connectivity index (χ4v) is 1.12. The Morgan fingerprint density at radius 1 is 1.12 bits per heavy atom. The molecule has 0 aliphatic carbocycles. The highest BCUT2D eigenvalue weighted by Crippen LogP contribution is 2.13. The largest absolute Gasteiger partial charge is 0.481 e. The van der Waals surface area contributed by atoms with Gasteiger partial charge in [0.05, 0.1) is 6.42 Å². The third-order valence-electron chi connectivity index (χ3n) is 1.92. The fraction of sp³-hybridized carbons (Fsp3) is 0.182. The van der Waals surface area contributed by atoms with Crippen LogP contribution < -0.4 is 4.74 Å². The summed E-state index contributed by atoms with van der Waals surface area (Å²) in [6, 6.07) is 7.85. The van der Waals surface area contributed by atoms with Gasteiger partial charge in [0.2, 0.25) is 0 Å². The standard InChI is InChI=1S/C11H10O6/c12-9(13)6-8(10(14)15)11(16)17-7-4-2-1-3-5-7/h1-5,8H,6H2,(H,12,13)(H,14,15)/t8-/m1/s1. The van der Waals surface area contributed by atoms with Crippen molar-refractivity contribution >= 4 is 17.9 Å². The summed E-state index contributed by atoms with van der Waals surface area (Å²) in [4.78, 5) is 32.5. The Morgan fingerprint density at radius 2 is 1.71 bits per heavy atom. The average Bonchev–Trinajstić information content (AvgIpc) is 2.26. The quantitative estimate of drug-likeness (QED) is 0.446. The number of para-hydroxylation sites is 1. The number of carbonyl (C=O) groups excluding carboxylic acids is 1. The van der Waals surface area contributed by atoms with Gasteiger partial charge in [0.1, 0.15) is 5.75 Å². The van der Waals surface area contributed by atoms with Gasteiger partial charge in [-0.1, -0.05) is 18.2 Å². The molecular formula is C11H10O6. The maximum Gasteiger partial charge on any atom is 0.326 e. The molecule has 2 N–H and O–H groups in total. The van der Waals surface area contributed by atoms with Crippen LogP contribution in [0.3, 0.4) is 0 Å². The van der Waals surface area contributed by atoms with Crippen molar-refractivity contribution in [3.63, 3.8) is 0 Å². The number of carbonyl (C=O) groups is 3. The van der Waals surface area contributed by atoms with E-state index in [0.717, 1.165) is 0 Å². The molecule has 0 aromatic heterocycles. The van der Waals surface area contributed by atoms with Gasteiger partial charge in [0.25, 0.3) is 0 Å². The van der Waals surface area contributed by atoms with Crippen LogP contribution in [0, 0.1) is 5.92 Å². The highest BCUT2D eigenvalue weighted by molar-refractivity contribution is 5.97. The molecule has 0 bridgehead atoms. The van der Waals surface area contributed by atoms with Crippen LogP contribution in [-0.4, -0.2) is 28.1 Å². The van der Waals surface area contributed by atoms with Crippen LogP contribution in [0.5, 0.6) is 5.75 Å². The first-order valence-electron chi connectivity index (χ1n) is 4.72. The molecule has 1 aromatic carbocycles. The summed E-state index contributed by atoms with van der Waals surface area (Å²) in [7, 11) is 0. The van der Waals surface area contributed by atoms with Gasteiger partial charge in [0.15, 0.2) is 5.92 Å². The first kappa shape index (κ1) is 12.7. The van der Waals surface area contributed by atoms with E-state index < -0.39 is 30.2 Å². The van der Waals surface area contributed by atoms with Crippen LogP contribution in [-0.2, 0) is 14.4 Å². The van der Waals surface area contributed by atoms with Gasteiger partial charge in [-0.25, -0.2) is 0 Å². The molecule has 0 heterocycles. The summed E-state index contributed by atoms with van der Waals surface area (Å²) in [5.74, 6) is -5.51. The summed E-state index contributed by atoms with van der Waals surface area (Å²) in [5, 5.41) is 17.2. The molecule has 90 valence electrons. The maximum absolute atomic E-state index is 11.4. The average molecular weight is 238 g/mol. The first-order chi connectivity index (χ1) is 8.00. The zero-order valence-electron chi connectivity index (χ0n) is 8.70. The van der Waals surface area contributed by atoms with E-state index in [4.69, 9.17) is 14.9 Å². The van der Waals surface area contributed by atoms with E-state index in [1.165, 1.54) is 12.1 Å². The number of ether oxygens (including phenoxy) is 1. The second kappa shape index (κ2) is 5.64. The molecular weight excluding hydrogens is 228 g/mol. The Balaban J connectivity index is 2.72. The van der Waals surface area contributed by atoms with Crippen LogP contribution in [0.25, 0.3) is 0 Å². The lowest BCUT2D eigenvalue weighted by atomic mass is 10.1.